The van der Waals surface area contributed by atoms with Crippen molar-refractivity contribution in [3.8, 4) is 0 Å². The largest absolute Gasteiger partial charge is 0.481 e. The van der Waals surface area contributed by atoms with E-state index >= 15 is 0 Å². The number of hydrogen-bond acceptors (Lipinski definition) is 4. The van der Waals surface area contributed by atoms with Crippen LogP contribution in [0.15, 0.2) is 0 Å². The van der Waals surface area contributed by atoms with E-state index in [1.54, 1.807) is 20.9 Å². The number of hydrogen-bond donors (Lipinski definition) is 3. The van der Waals surface area contributed by atoms with E-state index in [1.807, 2.05) is 0 Å². The molecule has 1 unspecified atom stereocenters. The van der Waals surface area contributed by atoms with Crippen LogP contribution >= 0.6 is 0 Å². The van der Waals surface area contributed by atoms with Crippen molar-refractivity contribution in [1.29, 1.82) is 0 Å². The molecule has 0 aliphatic carbocycles. The van der Waals surface area contributed by atoms with E-state index in [4.69, 9.17) is 5.11 Å². The molecule has 0 spiro atoms. The summed E-state index contributed by atoms with van der Waals surface area (Å²) in [6.07, 6.45) is 0.0319. The van der Waals surface area contributed by atoms with E-state index in [1.165, 1.54) is 4.90 Å². The monoisotopic (exact) mass is 269 g/mol. The molecule has 0 aromatic carbocycles. The van der Waals surface area contributed by atoms with Crippen molar-refractivity contribution in [2.75, 3.05) is 13.6 Å². The fourth-order valence-electron chi connectivity index (χ4n) is 1.51. The number of aryl methyl sites for hydroxylation is 1. The van der Waals surface area contributed by atoms with E-state index in [0.717, 1.165) is 0 Å². The number of carboxylic acids is 1. The number of amides is 2. The first-order chi connectivity index (χ1) is 8.88. The van der Waals surface area contributed by atoms with Gasteiger partial charge in [0.05, 0.1) is 6.54 Å². The van der Waals surface area contributed by atoms with Gasteiger partial charge in [0.2, 0.25) is 0 Å². The van der Waals surface area contributed by atoms with Gasteiger partial charge in [-0.15, -0.1) is 0 Å². The van der Waals surface area contributed by atoms with Gasteiger partial charge < -0.3 is 15.3 Å². The van der Waals surface area contributed by atoms with Crippen LogP contribution in [0.1, 0.15) is 25.0 Å². The molecule has 1 aromatic rings. The lowest BCUT2D eigenvalue weighted by atomic mass is 10.1. The van der Waals surface area contributed by atoms with Crippen LogP contribution in [0.4, 0.5) is 4.79 Å². The molecular formula is C11H19N5O3. The van der Waals surface area contributed by atoms with Crippen LogP contribution < -0.4 is 5.32 Å². The highest BCUT2D eigenvalue weighted by Gasteiger charge is 2.13. The molecule has 1 heterocycles. The summed E-state index contributed by atoms with van der Waals surface area (Å²) >= 11 is 0. The summed E-state index contributed by atoms with van der Waals surface area (Å²) in [5, 5.41) is 17.9. The Labute approximate surface area is 111 Å². The number of nitrogens with zero attached hydrogens (tertiary/aromatic N) is 3. The van der Waals surface area contributed by atoms with Crippen molar-refractivity contribution in [2.24, 2.45) is 5.92 Å². The number of aromatic amines is 1. The molecule has 0 bridgehead atoms. The molecule has 2 amide bonds. The van der Waals surface area contributed by atoms with Crippen LogP contribution in [-0.4, -0.2) is 50.8 Å². The average Bonchev–Trinajstić information content (AvgIpc) is 2.70. The predicted molar refractivity (Wildman–Crippen MR) is 67.4 cm³/mol. The molecule has 106 valence electrons. The molecule has 0 saturated carbocycles. The quantitative estimate of drug-likeness (QED) is 0.690. The minimum Gasteiger partial charge on any atom is -0.481 e. The zero-order chi connectivity index (χ0) is 14.4. The van der Waals surface area contributed by atoms with Crippen molar-refractivity contribution in [2.45, 2.75) is 26.8 Å². The first-order valence-electron chi connectivity index (χ1n) is 5.97. The van der Waals surface area contributed by atoms with Crippen LogP contribution in [0, 0.1) is 12.8 Å². The fourth-order valence-corrected chi connectivity index (χ4v) is 1.51. The van der Waals surface area contributed by atoms with Crippen LogP contribution in [0.25, 0.3) is 0 Å². The van der Waals surface area contributed by atoms with Gasteiger partial charge in [0.25, 0.3) is 0 Å². The summed E-state index contributed by atoms with van der Waals surface area (Å²) in [4.78, 5) is 27.8. The first-order valence-corrected chi connectivity index (χ1v) is 5.97. The molecule has 0 radical (unpaired) electrons. The molecule has 1 aromatic heterocycles. The van der Waals surface area contributed by atoms with Gasteiger partial charge in [-0.2, -0.15) is 5.10 Å². The smallest absolute Gasteiger partial charge is 0.317 e. The standard InChI is InChI=1S/C11H19N5O3/c1-7(4-10(17)18)5-12-11(19)16(3)6-9-13-8(2)14-15-9/h7H,4-6H2,1-3H3,(H,12,19)(H,17,18)(H,13,14,15). The lowest BCUT2D eigenvalue weighted by Crippen LogP contribution is -2.39. The van der Waals surface area contributed by atoms with Gasteiger partial charge in [0.15, 0.2) is 5.82 Å². The van der Waals surface area contributed by atoms with Crippen LogP contribution in [0.3, 0.4) is 0 Å². The van der Waals surface area contributed by atoms with Crippen molar-refractivity contribution < 1.29 is 14.7 Å². The molecule has 1 atom stereocenters. The highest BCUT2D eigenvalue weighted by Crippen LogP contribution is 2.01. The maximum atomic E-state index is 11.7. The van der Waals surface area contributed by atoms with Gasteiger partial charge >= 0.3 is 12.0 Å². The summed E-state index contributed by atoms with van der Waals surface area (Å²) in [5.74, 6) is 0.250. The molecule has 0 fully saturated rings. The number of aliphatic carboxylic acids is 1. The minimum absolute atomic E-state index is 0.0319. The summed E-state index contributed by atoms with van der Waals surface area (Å²) in [6, 6.07) is -0.278. The third-order valence-electron chi connectivity index (χ3n) is 2.49. The second-order valence-corrected chi connectivity index (χ2v) is 4.58. The SMILES string of the molecule is Cc1nc(CN(C)C(=O)NCC(C)CC(=O)O)n[nH]1. The highest BCUT2D eigenvalue weighted by atomic mass is 16.4. The average molecular weight is 269 g/mol. The van der Waals surface area contributed by atoms with Gasteiger partial charge in [0, 0.05) is 20.0 Å². The van der Waals surface area contributed by atoms with Gasteiger partial charge in [-0.3, -0.25) is 9.89 Å². The molecule has 0 saturated heterocycles. The molecule has 8 heteroatoms. The Bertz CT molecular complexity index is 445. The first kappa shape index (κ1) is 14.9. The van der Waals surface area contributed by atoms with Crippen molar-refractivity contribution in [3.63, 3.8) is 0 Å². The zero-order valence-corrected chi connectivity index (χ0v) is 11.3. The van der Waals surface area contributed by atoms with Gasteiger partial charge in [-0.05, 0) is 12.8 Å². The number of carboxylic acid groups (broad SMARTS) is 1. The maximum Gasteiger partial charge on any atom is 0.317 e. The fraction of sp³-hybridized carbons (Fsp3) is 0.636. The second kappa shape index (κ2) is 6.72. The van der Waals surface area contributed by atoms with E-state index < -0.39 is 5.97 Å². The molecule has 19 heavy (non-hydrogen) atoms. The van der Waals surface area contributed by atoms with Crippen molar-refractivity contribution in [1.82, 2.24) is 25.4 Å². The molecule has 0 aliphatic heterocycles. The minimum atomic E-state index is -0.869. The zero-order valence-electron chi connectivity index (χ0n) is 11.3. The summed E-state index contributed by atoms with van der Waals surface area (Å²) in [7, 11) is 1.63. The number of nitrogens with one attached hydrogen (secondary N) is 2. The molecular weight excluding hydrogens is 250 g/mol. The second-order valence-electron chi connectivity index (χ2n) is 4.58. The summed E-state index contributed by atoms with van der Waals surface area (Å²) < 4.78 is 0. The van der Waals surface area contributed by atoms with Crippen LogP contribution in [-0.2, 0) is 11.3 Å². The van der Waals surface area contributed by atoms with Crippen LogP contribution in [0.2, 0.25) is 0 Å². The Hall–Kier alpha value is -2.12. The Kier molecular flexibility index (Phi) is 5.28. The molecule has 8 nitrogen and oxygen atoms in total. The van der Waals surface area contributed by atoms with Gasteiger partial charge in [-0.1, -0.05) is 6.92 Å². The Balaban J connectivity index is 2.34. The number of rotatable bonds is 6. The van der Waals surface area contributed by atoms with Gasteiger partial charge in [0.1, 0.15) is 5.82 Å². The Morgan fingerprint density at radius 2 is 2.21 bits per heavy atom. The number of aromatic nitrogens is 3. The molecule has 0 aliphatic rings. The van der Waals surface area contributed by atoms with Gasteiger partial charge in [-0.25, -0.2) is 9.78 Å². The lowest BCUT2D eigenvalue weighted by molar-refractivity contribution is -0.137. The number of carbonyl (C=O) groups is 2. The predicted octanol–water partition coefficient (Wildman–Crippen LogP) is 0.365. The van der Waals surface area contributed by atoms with E-state index in [2.05, 4.69) is 20.5 Å². The Morgan fingerprint density at radius 3 is 2.74 bits per heavy atom. The molecule has 3 N–H and O–H groups in total. The molecule has 1 rings (SSSR count). The lowest BCUT2D eigenvalue weighted by Gasteiger charge is -2.17. The van der Waals surface area contributed by atoms with E-state index in [9.17, 15) is 9.59 Å². The van der Waals surface area contributed by atoms with Crippen molar-refractivity contribution >= 4 is 12.0 Å². The highest BCUT2D eigenvalue weighted by molar-refractivity contribution is 5.73. The van der Waals surface area contributed by atoms with E-state index in [0.29, 0.717) is 24.7 Å². The summed E-state index contributed by atoms with van der Waals surface area (Å²) in [5.41, 5.74) is 0. The number of urea groups is 1. The third kappa shape index (κ3) is 5.36. The Morgan fingerprint density at radius 1 is 1.53 bits per heavy atom. The van der Waals surface area contributed by atoms with Crippen molar-refractivity contribution in [3.05, 3.63) is 11.6 Å². The topological polar surface area (TPSA) is 111 Å². The third-order valence-corrected chi connectivity index (χ3v) is 2.49. The number of H-pyrrole nitrogens is 1. The maximum absolute atomic E-state index is 11.7. The summed E-state index contributed by atoms with van der Waals surface area (Å²) in [6.45, 7) is 4.17. The number of carbonyl (C=O) groups excluding carboxylic acids is 1. The van der Waals surface area contributed by atoms with Crippen LogP contribution in [0.5, 0.6) is 0 Å². The normalized spacial score (nSPS) is 11.9. The van der Waals surface area contributed by atoms with E-state index in [-0.39, 0.29) is 18.4 Å².